The number of nitrogens with zero attached hydrogens (tertiary/aromatic N) is 1. The van der Waals surface area contributed by atoms with Crippen LogP contribution in [0.25, 0.3) is 6.08 Å². The first-order valence-corrected chi connectivity index (χ1v) is 8.43. The largest absolute Gasteiger partial charge is 0.493 e. The lowest BCUT2D eigenvalue weighted by Gasteiger charge is -2.13. The molecule has 0 unspecified atom stereocenters. The van der Waals surface area contributed by atoms with Crippen LogP contribution in [0.15, 0.2) is 51.6 Å². The molecule has 2 aromatic carbocycles. The summed E-state index contributed by atoms with van der Waals surface area (Å²) in [6, 6.07) is 10.9. The average Bonchev–Trinajstić information content (AvgIpc) is 3.01. The van der Waals surface area contributed by atoms with Gasteiger partial charge >= 0.3 is 5.97 Å². The summed E-state index contributed by atoms with van der Waals surface area (Å²) in [6.07, 6.45) is 1.66. The van der Waals surface area contributed by atoms with Gasteiger partial charge in [0.25, 0.3) is 0 Å². The lowest BCUT2D eigenvalue weighted by atomic mass is 10.1. The molecule has 0 bridgehead atoms. The van der Waals surface area contributed by atoms with E-state index in [9.17, 15) is 4.79 Å². The normalized spacial score (nSPS) is 14.8. The fraction of sp³-hybridized carbons (Fsp3) is 0.158. The molecule has 0 saturated carbocycles. The highest BCUT2D eigenvalue weighted by molar-refractivity contribution is 9.10. The van der Waals surface area contributed by atoms with Gasteiger partial charge in [-0.15, -0.1) is 0 Å². The zero-order valence-corrected chi connectivity index (χ0v) is 16.0. The minimum atomic E-state index is -0.520. The number of hydrogen-bond donors (Lipinski definition) is 0. The summed E-state index contributed by atoms with van der Waals surface area (Å²) in [4.78, 5) is 16.5. The topological polar surface area (TPSA) is 66.4 Å². The number of methoxy groups -OCH3 is 3. The lowest BCUT2D eigenvalue weighted by Crippen LogP contribution is -2.06. The summed E-state index contributed by atoms with van der Waals surface area (Å²) in [5.41, 5.74) is 1.60. The van der Waals surface area contributed by atoms with Crippen LogP contribution in [-0.4, -0.2) is 33.2 Å². The fourth-order valence-corrected chi connectivity index (χ4v) is 2.91. The monoisotopic (exact) mass is 417 g/mol. The van der Waals surface area contributed by atoms with Gasteiger partial charge in [-0.05, 0) is 35.9 Å². The Balaban J connectivity index is 2.01. The minimum Gasteiger partial charge on any atom is -0.493 e. The van der Waals surface area contributed by atoms with E-state index < -0.39 is 5.97 Å². The van der Waals surface area contributed by atoms with Gasteiger partial charge in [-0.3, -0.25) is 0 Å². The average molecular weight is 418 g/mol. The number of carbonyl (C=O) groups is 1. The highest BCUT2D eigenvalue weighted by Crippen LogP contribution is 2.39. The van der Waals surface area contributed by atoms with Crippen molar-refractivity contribution in [3.63, 3.8) is 0 Å². The number of rotatable bonds is 5. The van der Waals surface area contributed by atoms with Crippen molar-refractivity contribution in [2.75, 3.05) is 21.3 Å². The number of aliphatic imine (C=N–C) groups is 1. The van der Waals surface area contributed by atoms with Crippen molar-refractivity contribution in [1.29, 1.82) is 0 Å². The summed E-state index contributed by atoms with van der Waals surface area (Å²) in [5, 5.41) is 0. The highest BCUT2D eigenvalue weighted by atomic mass is 79.9. The number of esters is 1. The molecule has 0 atom stereocenters. The maximum absolute atomic E-state index is 12.2. The Morgan fingerprint density at radius 1 is 1.04 bits per heavy atom. The van der Waals surface area contributed by atoms with Crippen molar-refractivity contribution in [3.8, 4) is 17.2 Å². The van der Waals surface area contributed by atoms with Crippen molar-refractivity contribution in [2.24, 2.45) is 4.99 Å². The highest BCUT2D eigenvalue weighted by Gasteiger charge is 2.26. The molecule has 0 saturated heterocycles. The third-order valence-corrected chi connectivity index (χ3v) is 4.18. The summed E-state index contributed by atoms with van der Waals surface area (Å²) < 4.78 is 22.2. The number of cyclic esters (lactones) is 1. The number of halogens is 1. The van der Waals surface area contributed by atoms with Gasteiger partial charge in [-0.25, -0.2) is 9.79 Å². The van der Waals surface area contributed by atoms with Gasteiger partial charge in [0, 0.05) is 10.0 Å². The molecule has 1 heterocycles. The maximum Gasteiger partial charge on any atom is 0.363 e. The first kappa shape index (κ1) is 18.0. The molecule has 1 aliphatic heterocycles. The van der Waals surface area contributed by atoms with E-state index >= 15 is 0 Å². The summed E-state index contributed by atoms with van der Waals surface area (Å²) >= 11 is 3.40. The van der Waals surface area contributed by atoms with E-state index in [0.29, 0.717) is 22.8 Å². The zero-order valence-electron chi connectivity index (χ0n) is 14.4. The number of ether oxygens (including phenoxy) is 4. The Morgan fingerprint density at radius 2 is 1.73 bits per heavy atom. The molecule has 0 radical (unpaired) electrons. The molecule has 134 valence electrons. The van der Waals surface area contributed by atoms with Gasteiger partial charge in [0.15, 0.2) is 17.2 Å². The van der Waals surface area contributed by atoms with E-state index in [2.05, 4.69) is 20.9 Å². The predicted molar refractivity (Wildman–Crippen MR) is 101 cm³/mol. The molecule has 0 aliphatic carbocycles. The number of benzene rings is 2. The smallest absolute Gasteiger partial charge is 0.363 e. The maximum atomic E-state index is 12.2. The van der Waals surface area contributed by atoms with Crippen molar-refractivity contribution in [2.45, 2.75) is 0 Å². The minimum absolute atomic E-state index is 0.176. The molecule has 6 nitrogen and oxygen atoms in total. The van der Waals surface area contributed by atoms with Gasteiger partial charge < -0.3 is 18.9 Å². The van der Waals surface area contributed by atoms with Gasteiger partial charge in [-0.2, -0.15) is 0 Å². The van der Waals surface area contributed by atoms with Crippen LogP contribution in [0, 0.1) is 0 Å². The molecule has 7 heteroatoms. The molecule has 0 N–H and O–H groups in total. The molecule has 26 heavy (non-hydrogen) atoms. The summed E-state index contributed by atoms with van der Waals surface area (Å²) in [6.45, 7) is 0. The van der Waals surface area contributed by atoms with E-state index in [1.807, 2.05) is 24.3 Å². The van der Waals surface area contributed by atoms with E-state index in [-0.39, 0.29) is 11.6 Å². The van der Waals surface area contributed by atoms with Crippen LogP contribution in [0.5, 0.6) is 17.2 Å². The first-order chi connectivity index (χ1) is 12.5. The molecule has 0 aromatic heterocycles. The van der Waals surface area contributed by atoms with Crippen LogP contribution in [0.3, 0.4) is 0 Å². The Hall–Kier alpha value is -2.80. The third-order valence-electron chi connectivity index (χ3n) is 3.68. The molecular weight excluding hydrogens is 402 g/mol. The van der Waals surface area contributed by atoms with Crippen molar-refractivity contribution < 1.29 is 23.7 Å². The Labute approximate surface area is 159 Å². The molecule has 2 aromatic rings. The van der Waals surface area contributed by atoms with Gasteiger partial charge in [-0.1, -0.05) is 28.1 Å². The molecular formula is C19H16BrNO5. The second-order valence-electron chi connectivity index (χ2n) is 5.31. The quantitative estimate of drug-likeness (QED) is 0.546. The third kappa shape index (κ3) is 3.57. The molecule has 0 spiro atoms. The van der Waals surface area contributed by atoms with E-state index in [1.54, 1.807) is 18.2 Å². The van der Waals surface area contributed by atoms with Crippen molar-refractivity contribution in [1.82, 2.24) is 0 Å². The molecule has 1 aliphatic rings. The van der Waals surface area contributed by atoms with Crippen LogP contribution in [0.4, 0.5) is 0 Å². The standard InChI is InChI=1S/C19H16BrNO5/c1-23-15-9-12(10-16(24-2)17(15)25-3)18-21-14(19(22)26-18)8-11-5-4-6-13(20)7-11/h4-10H,1-3H3/b14-8-. The first-order valence-electron chi connectivity index (χ1n) is 7.64. The zero-order chi connectivity index (χ0) is 18.7. The van der Waals surface area contributed by atoms with E-state index in [0.717, 1.165) is 10.0 Å². The van der Waals surface area contributed by atoms with Crippen molar-refractivity contribution >= 4 is 33.9 Å². The second-order valence-corrected chi connectivity index (χ2v) is 6.22. The number of hydrogen-bond acceptors (Lipinski definition) is 6. The predicted octanol–water partition coefficient (Wildman–Crippen LogP) is 3.82. The van der Waals surface area contributed by atoms with Crippen LogP contribution >= 0.6 is 15.9 Å². The van der Waals surface area contributed by atoms with Crippen LogP contribution < -0.4 is 14.2 Å². The Morgan fingerprint density at radius 3 is 2.31 bits per heavy atom. The summed E-state index contributed by atoms with van der Waals surface area (Å²) in [7, 11) is 4.55. The van der Waals surface area contributed by atoms with E-state index in [1.165, 1.54) is 21.3 Å². The number of carbonyl (C=O) groups excluding carboxylic acids is 1. The van der Waals surface area contributed by atoms with E-state index in [4.69, 9.17) is 18.9 Å². The van der Waals surface area contributed by atoms with Gasteiger partial charge in [0.1, 0.15) is 0 Å². The Bertz CT molecular complexity index is 895. The molecule has 0 fully saturated rings. The summed E-state index contributed by atoms with van der Waals surface area (Å²) in [5.74, 6) is 1.01. The van der Waals surface area contributed by atoms with Crippen LogP contribution in [0.1, 0.15) is 11.1 Å². The second kappa shape index (κ2) is 7.61. The van der Waals surface area contributed by atoms with Crippen molar-refractivity contribution in [3.05, 3.63) is 57.7 Å². The van der Waals surface area contributed by atoms with Gasteiger partial charge in [0.2, 0.25) is 11.6 Å². The molecule has 3 rings (SSSR count). The Kier molecular flexibility index (Phi) is 5.27. The molecule has 0 amide bonds. The lowest BCUT2D eigenvalue weighted by molar-refractivity contribution is -0.129. The van der Waals surface area contributed by atoms with Crippen LogP contribution in [-0.2, 0) is 9.53 Å². The fourth-order valence-electron chi connectivity index (χ4n) is 2.49. The SMILES string of the molecule is COc1cc(C2=N/C(=C\c3cccc(Br)c3)C(=O)O2)cc(OC)c1OC. The van der Waals surface area contributed by atoms with Gasteiger partial charge in [0.05, 0.1) is 21.3 Å². The van der Waals surface area contributed by atoms with Crippen LogP contribution in [0.2, 0.25) is 0 Å².